The maximum absolute atomic E-state index is 15.8. The summed E-state index contributed by atoms with van der Waals surface area (Å²) < 4.78 is 15.8. The number of fused-ring (bicyclic) bond motifs is 2. The van der Waals surface area contributed by atoms with E-state index in [0.717, 1.165) is 27.8 Å². The highest BCUT2D eigenvalue weighted by Crippen LogP contribution is 2.35. The molecule has 0 aliphatic rings. The number of halogens is 1. The van der Waals surface area contributed by atoms with Gasteiger partial charge in [0.2, 0.25) is 0 Å². The van der Waals surface area contributed by atoms with Crippen LogP contribution in [0.5, 0.6) is 0 Å². The van der Waals surface area contributed by atoms with E-state index in [1.165, 1.54) is 0 Å². The summed E-state index contributed by atoms with van der Waals surface area (Å²) in [6.07, 6.45) is 8.54. The van der Waals surface area contributed by atoms with Crippen molar-refractivity contribution in [2.75, 3.05) is 0 Å². The third kappa shape index (κ3) is 2.77. The van der Waals surface area contributed by atoms with Crippen molar-refractivity contribution in [3.05, 3.63) is 78.8 Å². The van der Waals surface area contributed by atoms with Crippen molar-refractivity contribution in [2.45, 2.75) is 6.92 Å². The van der Waals surface area contributed by atoms with Crippen LogP contribution in [0.3, 0.4) is 0 Å². The fourth-order valence-corrected chi connectivity index (χ4v) is 3.99. The van der Waals surface area contributed by atoms with Gasteiger partial charge < -0.3 is 4.98 Å². The third-order valence-corrected chi connectivity index (χ3v) is 5.60. The van der Waals surface area contributed by atoms with Crippen LogP contribution in [0.4, 0.5) is 4.39 Å². The van der Waals surface area contributed by atoms with Gasteiger partial charge in [-0.15, -0.1) is 0 Å². The Morgan fingerprint density at radius 3 is 2.53 bits per heavy atom. The number of aromatic nitrogens is 7. The fraction of sp³-hybridized carbons (Fsp3) is 0.0417. The van der Waals surface area contributed by atoms with Gasteiger partial charge in [-0.25, -0.2) is 14.4 Å². The van der Waals surface area contributed by atoms with Crippen LogP contribution in [0.15, 0.2) is 67.4 Å². The zero-order chi connectivity index (χ0) is 21.7. The van der Waals surface area contributed by atoms with Crippen LogP contribution < -0.4 is 0 Å². The fourth-order valence-electron chi connectivity index (χ4n) is 3.99. The zero-order valence-corrected chi connectivity index (χ0v) is 17.0. The Morgan fingerprint density at radius 2 is 1.69 bits per heavy atom. The molecule has 6 aromatic rings. The van der Waals surface area contributed by atoms with E-state index in [9.17, 15) is 0 Å². The van der Waals surface area contributed by atoms with Crippen molar-refractivity contribution < 1.29 is 4.39 Å². The predicted octanol–water partition coefficient (Wildman–Crippen LogP) is 5.07. The van der Waals surface area contributed by atoms with E-state index in [2.05, 4.69) is 35.1 Å². The second-order valence-corrected chi connectivity index (χ2v) is 7.49. The highest BCUT2D eigenvalue weighted by molar-refractivity contribution is 5.98. The highest BCUT2D eigenvalue weighted by Gasteiger charge is 2.21. The number of nitrogens with zero attached hydrogens (tertiary/aromatic N) is 5. The lowest BCUT2D eigenvalue weighted by molar-refractivity contribution is 0.643. The van der Waals surface area contributed by atoms with Gasteiger partial charge in [0, 0.05) is 47.7 Å². The van der Waals surface area contributed by atoms with E-state index < -0.39 is 0 Å². The molecule has 2 N–H and O–H groups in total. The Hall–Kier alpha value is -4.46. The van der Waals surface area contributed by atoms with E-state index in [-0.39, 0.29) is 5.82 Å². The van der Waals surface area contributed by atoms with Crippen molar-refractivity contribution in [3.63, 3.8) is 0 Å². The molecule has 0 radical (unpaired) electrons. The standard InChI is InChI=1S/C24H16FN7/c1-13-4-8-27-12-17(13)16-2-3-18-19(20(16)25)22(32-31-18)24-29-21-15(7-11-28-23(21)30-24)14-5-9-26-10-6-14/h2-12H,1H3,(H,31,32)(H,28,29,30). The lowest BCUT2D eigenvalue weighted by atomic mass is 10.00. The number of aromatic amines is 2. The molecule has 1 aromatic carbocycles. The Bertz CT molecular complexity index is 1600. The quantitative estimate of drug-likeness (QED) is 0.416. The first-order valence-corrected chi connectivity index (χ1v) is 10.0. The van der Waals surface area contributed by atoms with Crippen molar-refractivity contribution in [3.8, 4) is 33.8 Å². The lowest BCUT2D eigenvalue weighted by Crippen LogP contribution is -1.91. The Kier molecular flexibility index (Phi) is 4.04. The number of rotatable bonds is 3. The molecule has 0 saturated heterocycles. The maximum Gasteiger partial charge on any atom is 0.178 e. The van der Waals surface area contributed by atoms with Gasteiger partial charge in [0.25, 0.3) is 0 Å². The Morgan fingerprint density at radius 1 is 0.844 bits per heavy atom. The molecule has 0 fully saturated rings. The molecule has 0 aliphatic carbocycles. The molecule has 0 spiro atoms. The van der Waals surface area contributed by atoms with Gasteiger partial charge in [0.1, 0.15) is 11.5 Å². The molecule has 32 heavy (non-hydrogen) atoms. The van der Waals surface area contributed by atoms with Gasteiger partial charge in [-0.05, 0) is 54.4 Å². The summed E-state index contributed by atoms with van der Waals surface area (Å²) in [5, 5.41) is 7.66. The van der Waals surface area contributed by atoms with Gasteiger partial charge >= 0.3 is 0 Å². The molecular formula is C24H16FN7. The zero-order valence-electron chi connectivity index (χ0n) is 17.0. The van der Waals surface area contributed by atoms with E-state index in [1.54, 1.807) is 37.1 Å². The van der Waals surface area contributed by atoms with Gasteiger partial charge in [-0.2, -0.15) is 5.10 Å². The second-order valence-electron chi connectivity index (χ2n) is 7.49. The smallest absolute Gasteiger partial charge is 0.178 e. The topological polar surface area (TPSA) is 96.0 Å². The summed E-state index contributed by atoms with van der Waals surface area (Å²) in [6.45, 7) is 1.93. The average Bonchev–Trinajstić information content (AvgIpc) is 3.45. The summed E-state index contributed by atoms with van der Waals surface area (Å²) in [4.78, 5) is 20.5. The first-order valence-electron chi connectivity index (χ1n) is 10.0. The summed E-state index contributed by atoms with van der Waals surface area (Å²) in [6, 6.07) is 11.2. The van der Waals surface area contributed by atoms with Crippen molar-refractivity contribution in [2.24, 2.45) is 0 Å². The minimum absolute atomic E-state index is 0.370. The van der Waals surface area contributed by atoms with E-state index in [4.69, 9.17) is 0 Å². The molecule has 0 bridgehead atoms. The second kappa shape index (κ2) is 7.05. The van der Waals surface area contributed by atoms with E-state index in [0.29, 0.717) is 33.6 Å². The van der Waals surface area contributed by atoms with Crippen LogP contribution in [0.2, 0.25) is 0 Å². The van der Waals surface area contributed by atoms with Crippen LogP contribution in [0.1, 0.15) is 5.56 Å². The van der Waals surface area contributed by atoms with Gasteiger partial charge in [0.05, 0.1) is 16.4 Å². The van der Waals surface area contributed by atoms with Crippen LogP contribution in [-0.4, -0.2) is 35.1 Å². The minimum atomic E-state index is -0.370. The number of pyridine rings is 3. The lowest BCUT2D eigenvalue weighted by Gasteiger charge is -2.07. The number of H-pyrrole nitrogens is 2. The number of imidazole rings is 1. The molecule has 0 atom stereocenters. The molecule has 5 aromatic heterocycles. The number of benzene rings is 1. The molecule has 7 nitrogen and oxygen atoms in total. The number of hydrogen-bond acceptors (Lipinski definition) is 5. The van der Waals surface area contributed by atoms with Crippen LogP contribution in [-0.2, 0) is 0 Å². The van der Waals surface area contributed by atoms with Gasteiger partial charge in [-0.3, -0.25) is 15.1 Å². The molecule has 0 aliphatic heterocycles. The minimum Gasteiger partial charge on any atom is -0.335 e. The summed E-state index contributed by atoms with van der Waals surface area (Å²) in [5.41, 5.74) is 6.35. The molecule has 0 saturated carbocycles. The number of aryl methyl sites for hydroxylation is 1. The SMILES string of the molecule is Cc1ccncc1-c1ccc2[nH]nc(-c3nc4nccc(-c5ccncc5)c4[nH]3)c2c1F. The van der Waals surface area contributed by atoms with Crippen LogP contribution in [0.25, 0.3) is 55.8 Å². The largest absolute Gasteiger partial charge is 0.335 e. The number of nitrogens with one attached hydrogen (secondary N) is 2. The molecule has 0 unspecified atom stereocenters. The van der Waals surface area contributed by atoms with Crippen molar-refractivity contribution in [1.29, 1.82) is 0 Å². The average molecular weight is 421 g/mol. The summed E-state index contributed by atoms with van der Waals surface area (Å²) in [5.74, 6) is 0.0735. The monoisotopic (exact) mass is 421 g/mol. The van der Waals surface area contributed by atoms with E-state index in [1.807, 2.05) is 37.3 Å². The normalized spacial score (nSPS) is 11.4. The molecular weight excluding hydrogens is 405 g/mol. The maximum atomic E-state index is 15.8. The van der Waals surface area contributed by atoms with Gasteiger partial charge in [0.15, 0.2) is 11.5 Å². The molecule has 8 heteroatoms. The van der Waals surface area contributed by atoms with Crippen LogP contribution in [0, 0.1) is 12.7 Å². The Balaban J connectivity index is 1.56. The first kappa shape index (κ1) is 18.3. The van der Waals surface area contributed by atoms with Crippen LogP contribution >= 0.6 is 0 Å². The highest BCUT2D eigenvalue weighted by atomic mass is 19.1. The Labute approximate surface area is 181 Å². The van der Waals surface area contributed by atoms with Crippen molar-refractivity contribution in [1.82, 2.24) is 35.1 Å². The van der Waals surface area contributed by atoms with Gasteiger partial charge in [-0.1, -0.05) is 0 Å². The first-order chi connectivity index (χ1) is 15.7. The van der Waals surface area contributed by atoms with E-state index >= 15 is 4.39 Å². The predicted molar refractivity (Wildman–Crippen MR) is 120 cm³/mol. The third-order valence-electron chi connectivity index (χ3n) is 5.60. The molecule has 154 valence electrons. The van der Waals surface area contributed by atoms with Crippen molar-refractivity contribution >= 4 is 22.1 Å². The summed E-state index contributed by atoms with van der Waals surface area (Å²) in [7, 11) is 0. The molecule has 5 heterocycles. The molecule has 6 rings (SSSR count). The number of hydrogen-bond donors (Lipinski definition) is 2. The molecule has 0 amide bonds. The summed E-state index contributed by atoms with van der Waals surface area (Å²) >= 11 is 0.